The zero-order valence-corrected chi connectivity index (χ0v) is 7.78. The highest BCUT2D eigenvalue weighted by Crippen LogP contribution is 2.16. The highest BCUT2D eigenvalue weighted by Gasteiger charge is 2.15. The first-order valence-corrected chi connectivity index (χ1v) is 4.70. The molecule has 1 aromatic rings. The van der Waals surface area contributed by atoms with Crippen LogP contribution in [0.25, 0.3) is 0 Å². The van der Waals surface area contributed by atoms with Gasteiger partial charge in [0.25, 0.3) is 0 Å². The smallest absolute Gasteiger partial charge is 0.213 e. The van der Waals surface area contributed by atoms with E-state index < -0.39 is 5.95 Å². The van der Waals surface area contributed by atoms with E-state index in [0.717, 1.165) is 26.1 Å². The zero-order chi connectivity index (χ0) is 9.80. The third-order valence-corrected chi connectivity index (χ3v) is 2.17. The summed E-state index contributed by atoms with van der Waals surface area (Å²) in [7, 11) is 0. The van der Waals surface area contributed by atoms with Gasteiger partial charge in [0, 0.05) is 12.8 Å². The summed E-state index contributed by atoms with van der Waals surface area (Å²) in [6, 6.07) is 2.90. The normalized spacial score (nSPS) is 18.1. The molecule has 0 N–H and O–H groups in total. The summed E-state index contributed by atoms with van der Waals surface area (Å²) < 4.78 is 23.3. The molecule has 0 bridgehead atoms. The Labute approximate surface area is 81.9 Å². The second kappa shape index (κ2) is 4.37. The number of hydrogen-bond acceptors (Lipinski definition) is 3. The lowest BCUT2D eigenvalue weighted by molar-refractivity contribution is 0.0254. The molecule has 0 unspecified atom stereocenters. The molecule has 0 spiro atoms. The summed E-state index contributed by atoms with van der Waals surface area (Å²) in [5.41, 5.74) is 0. The molecule has 14 heavy (non-hydrogen) atoms. The highest BCUT2D eigenvalue weighted by atomic mass is 19.1. The predicted octanol–water partition coefficient (Wildman–Crippen LogP) is 1.78. The van der Waals surface area contributed by atoms with Gasteiger partial charge in [0.2, 0.25) is 5.95 Å². The molecule has 1 saturated heterocycles. The third kappa shape index (κ3) is 2.42. The first-order chi connectivity index (χ1) is 6.84. The summed E-state index contributed by atoms with van der Waals surface area (Å²) >= 11 is 0. The summed E-state index contributed by atoms with van der Waals surface area (Å²) in [4.78, 5) is 3.52. The topological polar surface area (TPSA) is 31.4 Å². The Morgan fingerprint density at radius 2 is 2.14 bits per heavy atom. The van der Waals surface area contributed by atoms with E-state index in [4.69, 9.17) is 9.47 Å². The minimum Gasteiger partial charge on any atom is -0.489 e. The van der Waals surface area contributed by atoms with Crippen LogP contribution < -0.4 is 4.74 Å². The number of halogens is 1. The average molecular weight is 197 g/mol. The summed E-state index contributed by atoms with van der Waals surface area (Å²) in [6.07, 6.45) is 3.36. The SMILES string of the molecule is Fc1ccc(OC2CCOCC2)cn1. The number of ether oxygens (including phenoxy) is 2. The largest absolute Gasteiger partial charge is 0.489 e. The minimum absolute atomic E-state index is 0.177. The van der Waals surface area contributed by atoms with Gasteiger partial charge in [-0.15, -0.1) is 0 Å². The van der Waals surface area contributed by atoms with Crippen molar-refractivity contribution in [2.45, 2.75) is 18.9 Å². The maximum Gasteiger partial charge on any atom is 0.213 e. The number of hydrogen-bond donors (Lipinski definition) is 0. The Bertz CT molecular complexity index is 283. The van der Waals surface area contributed by atoms with Crippen LogP contribution in [-0.2, 0) is 4.74 Å². The van der Waals surface area contributed by atoms with E-state index in [2.05, 4.69) is 4.98 Å². The van der Waals surface area contributed by atoms with Gasteiger partial charge in [0.05, 0.1) is 19.4 Å². The van der Waals surface area contributed by atoms with E-state index in [9.17, 15) is 4.39 Å². The van der Waals surface area contributed by atoms with Gasteiger partial charge in [0.1, 0.15) is 11.9 Å². The molecule has 0 radical (unpaired) electrons. The molecule has 4 heteroatoms. The van der Waals surface area contributed by atoms with Gasteiger partial charge in [-0.3, -0.25) is 0 Å². The average Bonchev–Trinajstić information content (AvgIpc) is 2.23. The van der Waals surface area contributed by atoms with Crippen LogP contribution in [0.3, 0.4) is 0 Å². The lowest BCUT2D eigenvalue weighted by Crippen LogP contribution is -2.25. The van der Waals surface area contributed by atoms with Crippen LogP contribution in [0.15, 0.2) is 18.3 Å². The van der Waals surface area contributed by atoms with Crippen molar-refractivity contribution in [1.82, 2.24) is 4.98 Å². The van der Waals surface area contributed by atoms with Crippen LogP contribution in [0.2, 0.25) is 0 Å². The number of aromatic nitrogens is 1. The van der Waals surface area contributed by atoms with Gasteiger partial charge in [-0.25, -0.2) is 4.98 Å². The van der Waals surface area contributed by atoms with Crippen molar-refractivity contribution in [1.29, 1.82) is 0 Å². The summed E-state index contributed by atoms with van der Waals surface area (Å²) in [5, 5.41) is 0. The predicted molar refractivity (Wildman–Crippen MR) is 48.7 cm³/mol. The fraction of sp³-hybridized carbons (Fsp3) is 0.500. The maximum absolute atomic E-state index is 12.5. The first kappa shape index (κ1) is 9.40. The van der Waals surface area contributed by atoms with Crippen LogP contribution in [0.5, 0.6) is 5.75 Å². The van der Waals surface area contributed by atoms with Crippen molar-refractivity contribution in [2.75, 3.05) is 13.2 Å². The van der Waals surface area contributed by atoms with Gasteiger partial charge in [0.15, 0.2) is 0 Å². The number of pyridine rings is 1. The van der Waals surface area contributed by atoms with Crippen molar-refractivity contribution in [2.24, 2.45) is 0 Å². The van der Waals surface area contributed by atoms with Crippen LogP contribution in [-0.4, -0.2) is 24.3 Å². The molecular weight excluding hydrogens is 185 g/mol. The van der Waals surface area contributed by atoms with Crippen LogP contribution in [0.1, 0.15) is 12.8 Å². The summed E-state index contributed by atoms with van der Waals surface area (Å²) in [6.45, 7) is 1.47. The Kier molecular flexibility index (Phi) is 2.93. The van der Waals surface area contributed by atoms with Crippen LogP contribution in [0, 0.1) is 5.95 Å². The number of rotatable bonds is 2. The van der Waals surface area contributed by atoms with Crippen LogP contribution in [0.4, 0.5) is 4.39 Å². The Morgan fingerprint density at radius 3 is 2.79 bits per heavy atom. The van der Waals surface area contributed by atoms with E-state index in [1.807, 2.05) is 0 Å². The van der Waals surface area contributed by atoms with E-state index in [-0.39, 0.29) is 6.10 Å². The van der Waals surface area contributed by atoms with Crippen molar-refractivity contribution < 1.29 is 13.9 Å². The Balaban J connectivity index is 1.92. The summed E-state index contributed by atoms with van der Waals surface area (Å²) in [5.74, 6) is 0.141. The Morgan fingerprint density at radius 1 is 1.36 bits per heavy atom. The fourth-order valence-electron chi connectivity index (χ4n) is 1.42. The Hall–Kier alpha value is -1.16. The first-order valence-electron chi connectivity index (χ1n) is 4.70. The second-order valence-corrected chi connectivity index (χ2v) is 3.25. The van der Waals surface area contributed by atoms with E-state index >= 15 is 0 Å². The van der Waals surface area contributed by atoms with Crippen LogP contribution >= 0.6 is 0 Å². The minimum atomic E-state index is -0.482. The lowest BCUT2D eigenvalue weighted by atomic mass is 10.1. The molecule has 0 aliphatic carbocycles. The zero-order valence-electron chi connectivity index (χ0n) is 7.78. The van der Waals surface area contributed by atoms with E-state index in [0.29, 0.717) is 5.75 Å². The molecule has 0 aromatic carbocycles. The molecule has 3 nitrogen and oxygen atoms in total. The lowest BCUT2D eigenvalue weighted by Gasteiger charge is -2.22. The highest BCUT2D eigenvalue weighted by molar-refractivity contribution is 5.16. The molecule has 76 valence electrons. The van der Waals surface area contributed by atoms with Crippen molar-refractivity contribution >= 4 is 0 Å². The molecule has 0 amide bonds. The van der Waals surface area contributed by atoms with Gasteiger partial charge in [-0.05, 0) is 12.1 Å². The molecule has 1 fully saturated rings. The van der Waals surface area contributed by atoms with Gasteiger partial charge < -0.3 is 9.47 Å². The second-order valence-electron chi connectivity index (χ2n) is 3.25. The van der Waals surface area contributed by atoms with E-state index in [1.165, 1.54) is 12.3 Å². The molecule has 1 aromatic heterocycles. The molecular formula is C10H12FNO2. The standard InChI is InChI=1S/C10H12FNO2/c11-10-2-1-9(7-12-10)14-8-3-5-13-6-4-8/h1-2,7-8H,3-6H2. The van der Waals surface area contributed by atoms with Crippen molar-refractivity contribution in [3.63, 3.8) is 0 Å². The molecule has 0 saturated carbocycles. The molecule has 2 heterocycles. The number of nitrogens with zero attached hydrogens (tertiary/aromatic N) is 1. The van der Waals surface area contributed by atoms with Gasteiger partial charge >= 0.3 is 0 Å². The van der Waals surface area contributed by atoms with E-state index in [1.54, 1.807) is 6.07 Å². The van der Waals surface area contributed by atoms with Crippen molar-refractivity contribution in [3.05, 3.63) is 24.3 Å². The molecule has 1 aliphatic rings. The molecule has 1 aliphatic heterocycles. The van der Waals surface area contributed by atoms with Gasteiger partial charge in [-0.1, -0.05) is 0 Å². The fourth-order valence-corrected chi connectivity index (χ4v) is 1.42. The molecule has 2 rings (SSSR count). The van der Waals surface area contributed by atoms with Crippen molar-refractivity contribution in [3.8, 4) is 5.75 Å². The monoisotopic (exact) mass is 197 g/mol. The molecule has 0 atom stereocenters. The maximum atomic E-state index is 12.5. The van der Waals surface area contributed by atoms with Gasteiger partial charge in [-0.2, -0.15) is 4.39 Å². The quantitative estimate of drug-likeness (QED) is 0.677. The third-order valence-electron chi connectivity index (χ3n) is 2.17.